The van der Waals surface area contributed by atoms with Crippen LogP contribution in [0.15, 0.2) is 0 Å². The van der Waals surface area contributed by atoms with Crippen LogP contribution in [0.25, 0.3) is 0 Å². The smallest absolute Gasteiger partial charge is 0.239 e. The van der Waals surface area contributed by atoms with Gasteiger partial charge < -0.3 is 10.6 Å². The molecule has 0 saturated carbocycles. The molecular formula is C9H19N3O. The molecule has 1 aliphatic rings. The molecule has 1 unspecified atom stereocenters. The van der Waals surface area contributed by atoms with Gasteiger partial charge in [-0.3, -0.25) is 9.69 Å². The van der Waals surface area contributed by atoms with E-state index >= 15 is 0 Å². The van der Waals surface area contributed by atoms with Crippen molar-refractivity contribution in [1.82, 2.24) is 9.80 Å². The summed E-state index contributed by atoms with van der Waals surface area (Å²) in [4.78, 5) is 15.5. The van der Waals surface area contributed by atoms with E-state index in [1.54, 1.807) is 4.90 Å². The molecule has 0 bridgehead atoms. The van der Waals surface area contributed by atoms with Crippen LogP contribution in [0.1, 0.15) is 13.3 Å². The normalized spacial score (nSPS) is 25.8. The summed E-state index contributed by atoms with van der Waals surface area (Å²) < 4.78 is 0. The highest BCUT2D eigenvalue weighted by Crippen LogP contribution is 2.15. The first-order chi connectivity index (χ1) is 6.07. The van der Waals surface area contributed by atoms with E-state index in [1.807, 2.05) is 21.0 Å². The van der Waals surface area contributed by atoms with E-state index in [1.165, 1.54) is 0 Å². The number of likely N-dealkylation sites (N-methyl/N-ethyl adjacent to an activating group) is 2. The van der Waals surface area contributed by atoms with Gasteiger partial charge >= 0.3 is 0 Å². The lowest BCUT2D eigenvalue weighted by atomic mass is 10.2. The van der Waals surface area contributed by atoms with E-state index in [9.17, 15) is 4.79 Å². The molecule has 1 amide bonds. The van der Waals surface area contributed by atoms with E-state index < -0.39 is 0 Å². The van der Waals surface area contributed by atoms with Gasteiger partial charge in [0.25, 0.3) is 0 Å². The van der Waals surface area contributed by atoms with Crippen molar-refractivity contribution >= 4 is 5.91 Å². The van der Waals surface area contributed by atoms with Gasteiger partial charge in [0.15, 0.2) is 0 Å². The van der Waals surface area contributed by atoms with Gasteiger partial charge in [-0.1, -0.05) is 0 Å². The topological polar surface area (TPSA) is 49.6 Å². The van der Waals surface area contributed by atoms with Gasteiger partial charge in [-0.25, -0.2) is 0 Å². The summed E-state index contributed by atoms with van der Waals surface area (Å²) >= 11 is 0. The molecule has 0 aromatic carbocycles. The molecule has 2 atom stereocenters. The zero-order valence-electron chi connectivity index (χ0n) is 8.66. The Kier molecular flexibility index (Phi) is 3.27. The molecule has 2 N–H and O–H groups in total. The van der Waals surface area contributed by atoms with E-state index in [0.29, 0.717) is 6.54 Å². The standard InChI is InChI=1S/C9H19N3O/c1-7(6-10)12(3)8-4-5-11(2)9(8)13/h7-8H,4-6,10H2,1-3H3/t7-,8?/m0/s1. The highest BCUT2D eigenvalue weighted by molar-refractivity contribution is 5.83. The molecule has 1 fully saturated rings. The second-order valence-corrected chi connectivity index (χ2v) is 3.81. The molecule has 1 rings (SSSR count). The van der Waals surface area contributed by atoms with Crippen LogP contribution in [0.5, 0.6) is 0 Å². The van der Waals surface area contributed by atoms with Crippen molar-refractivity contribution in [2.75, 3.05) is 27.2 Å². The maximum atomic E-state index is 11.6. The van der Waals surface area contributed by atoms with Gasteiger partial charge in [0.1, 0.15) is 0 Å². The number of nitrogens with zero attached hydrogens (tertiary/aromatic N) is 2. The van der Waals surface area contributed by atoms with Gasteiger partial charge in [0.05, 0.1) is 6.04 Å². The summed E-state index contributed by atoms with van der Waals surface area (Å²) in [5, 5.41) is 0. The summed E-state index contributed by atoms with van der Waals surface area (Å²) in [6.07, 6.45) is 0.927. The first kappa shape index (κ1) is 10.5. The number of hydrogen-bond donors (Lipinski definition) is 1. The molecule has 13 heavy (non-hydrogen) atoms. The quantitative estimate of drug-likeness (QED) is 0.644. The molecule has 1 saturated heterocycles. The van der Waals surface area contributed by atoms with Crippen LogP contribution in [-0.4, -0.2) is 55.0 Å². The lowest BCUT2D eigenvalue weighted by Crippen LogP contribution is -2.46. The summed E-state index contributed by atoms with van der Waals surface area (Å²) in [5.41, 5.74) is 5.55. The van der Waals surface area contributed by atoms with Crippen LogP contribution in [0.4, 0.5) is 0 Å². The number of nitrogens with two attached hydrogens (primary N) is 1. The molecule has 0 spiro atoms. The van der Waals surface area contributed by atoms with Crippen LogP contribution < -0.4 is 5.73 Å². The molecule has 76 valence electrons. The Bertz CT molecular complexity index is 195. The third kappa shape index (κ3) is 2.00. The Labute approximate surface area is 79.7 Å². The number of carbonyl (C=O) groups excluding carboxylic acids is 1. The van der Waals surface area contributed by atoms with Crippen molar-refractivity contribution in [1.29, 1.82) is 0 Å². The van der Waals surface area contributed by atoms with Crippen LogP contribution in [0.2, 0.25) is 0 Å². The summed E-state index contributed by atoms with van der Waals surface area (Å²) in [5.74, 6) is 0.225. The molecule has 0 aliphatic carbocycles. The minimum absolute atomic E-state index is 0.0450. The van der Waals surface area contributed by atoms with Crippen LogP contribution >= 0.6 is 0 Å². The maximum Gasteiger partial charge on any atom is 0.239 e. The average Bonchev–Trinajstić information content (AvgIpc) is 2.45. The van der Waals surface area contributed by atoms with E-state index in [-0.39, 0.29) is 18.0 Å². The van der Waals surface area contributed by atoms with Gasteiger partial charge in [-0.05, 0) is 20.4 Å². The predicted octanol–water partition coefficient (Wildman–Crippen LogP) is -0.504. The van der Waals surface area contributed by atoms with E-state index in [4.69, 9.17) is 5.73 Å². The Morgan fingerprint density at radius 3 is 2.77 bits per heavy atom. The second-order valence-electron chi connectivity index (χ2n) is 3.81. The van der Waals surface area contributed by atoms with Crippen molar-refractivity contribution < 1.29 is 4.79 Å². The minimum atomic E-state index is 0.0450. The third-order valence-electron chi connectivity index (χ3n) is 2.93. The molecule has 0 radical (unpaired) electrons. The molecule has 1 heterocycles. The highest BCUT2D eigenvalue weighted by atomic mass is 16.2. The zero-order valence-corrected chi connectivity index (χ0v) is 8.66. The van der Waals surface area contributed by atoms with Gasteiger partial charge in [-0.2, -0.15) is 0 Å². The number of carbonyl (C=O) groups is 1. The van der Waals surface area contributed by atoms with E-state index in [2.05, 4.69) is 4.90 Å². The fourth-order valence-corrected chi connectivity index (χ4v) is 1.66. The minimum Gasteiger partial charge on any atom is -0.344 e. The zero-order chi connectivity index (χ0) is 10.0. The van der Waals surface area contributed by atoms with Crippen molar-refractivity contribution in [2.24, 2.45) is 5.73 Å². The largest absolute Gasteiger partial charge is 0.344 e. The van der Waals surface area contributed by atoms with E-state index in [0.717, 1.165) is 13.0 Å². The number of amides is 1. The average molecular weight is 185 g/mol. The van der Waals surface area contributed by atoms with Crippen LogP contribution in [0, 0.1) is 0 Å². The van der Waals surface area contributed by atoms with Gasteiger partial charge in [-0.15, -0.1) is 0 Å². The Morgan fingerprint density at radius 1 is 1.77 bits per heavy atom. The molecule has 0 aromatic heterocycles. The van der Waals surface area contributed by atoms with Crippen LogP contribution in [-0.2, 0) is 4.79 Å². The lowest BCUT2D eigenvalue weighted by molar-refractivity contribution is -0.131. The number of likely N-dealkylation sites (tertiary alicyclic amines) is 1. The van der Waals surface area contributed by atoms with Gasteiger partial charge in [0, 0.05) is 26.2 Å². The molecule has 0 aromatic rings. The number of hydrogen-bond acceptors (Lipinski definition) is 3. The van der Waals surface area contributed by atoms with Crippen LogP contribution in [0.3, 0.4) is 0 Å². The molecule has 4 nitrogen and oxygen atoms in total. The Balaban J connectivity index is 2.57. The van der Waals surface area contributed by atoms with Gasteiger partial charge in [0.2, 0.25) is 5.91 Å². The Hall–Kier alpha value is -0.610. The number of rotatable bonds is 3. The van der Waals surface area contributed by atoms with Crippen molar-refractivity contribution in [2.45, 2.75) is 25.4 Å². The third-order valence-corrected chi connectivity index (χ3v) is 2.93. The lowest BCUT2D eigenvalue weighted by Gasteiger charge is -2.28. The molecule has 1 aliphatic heterocycles. The van der Waals surface area contributed by atoms with Crippen molar-refractivity contribution in [3.05, 3.63) is 0 Å². The maximum absolute atomic E-state index is 11.6. The monoisotopic (exact) mass is 185 g/mol. The fourth-order valence-electron chi connectivity index (χ4n) is 1.66. The predicted molar refractivity (Wildman–Crippen MR) is 52.3 cm³/mol. The SMILES string of the molecule is C[C@@H](CN)N(C)C1CCN(C)C1=O. The highest BCUT2D eigenvalue weighted by Gasteiger charge is 2.33. The first-order valence-electron chi connectivity index (χ1n) is 4.75. The Morgan fingerprint density at radius 2 is 2.38 bits per heavy atom. The summed E-state index contributed by atoms with van der Waals surface area (Å²) in [7, 11) is 3.82. The second kappa shape index (κ2) is 4.07. The molecular weight excluding hydrogens is 166 g/mol. The van der Waals surface area contributed by atoms with Crippen molar-refractivity contribution in [3.8, 4) is 0 Å². The summed E-state index contributed by atoms with van der Waals surface area (Å²) in [6.45, 7) is 3.51. The fraction of sp³-hybridized carbons (Fsp3) is 0.889. The first-order valence-corrected chi connectivity index (χ1v) is 4.75. The summed E-state index contributed by atoms with van der Waals surface area (Å²) in [6, 6.07) is 0.323. The van der Waals surface area contributed by atoms with Crippen molar-refractivity contribution in [3.63, 3.8) is 0 Å². The molecule has 4 heteroatoms.